The maximum Gasteiger partial charge on any atom is 0.411 e. The fourth-order valence-electron chi connectivity index (χ4n) is 0.930. The number of hydrogen-bond donors (Lipinski definition) is 1. The highest BCUT2D eigenvalue weighted by Crippen LogP contribution is 2.14. The van der Waals surface area contributed by atoms with Gasteiger partial charge in [-0.3, -0.25) is 10.1 Å². The van der Waals surface area contributed by atoms with E-state index in [1.165, 1.54) is 0 Å². The molecular formula is C8H9F3N4O3. The van der Waals surface area contributed by atoms with E-state index < -0.39 is 17.7 Å². The molecule has 0 unspecified atom stereocenters. The van der Waals surface area contributed by atoms with Crippen molar-refractivity contribution in [3.63, 3.8) is 0 Å². The zero-order valence-electron chi connectivity index (χ0n) is 8.98. The van der Waals surface area contributed by atoms with Gasteiger partial charge in [-0.2, -0.15) is 13.2 Å². The molecule has 100 valence electrons. The zero-order valence-corrected chi connectivity index (χ0v) is 8.98. The normalized spacial score (nSPS) is 11.3. The van der Waals surface area contributed by atoms with Gasteiger partial charge in [-0.1, -0.05) is 0 Å². The van der Waals surface area contributed by atoms with Crippen LogP contribution in [0, 0.1) is 10.1 Å². The number of nitrogens with zero attached hydrogens (tertiary/aromatic N) is 3. The molecule has 0 aromatic carbocycles. The minimum atomic E-state index is -4.36. The first-order valence-electron chi connectivity index (χ1n) is 4.73. The minimum Gasteiger partial charge on any atom is -0.370 e. The molecule has 1 aromatic rings. The summed E-state index contributed by atoms with van der Waals surface area (Å²) in [5, 5.41) is 12.8. The van der Waals surface area contributed by atoms with Crippen molar-refractivity contribution in [2.24, 2.45) is 0 Å². The largest absolute Gasteiger partial charge is 0.411 e. The van der Waals surface area contributed by atoms with Gasteiger partial charge in [0, 0.05) is 6.54 Å². The molecular weight excluding hydrogens is 257 g/mol. The number of hydrogen-bond acceptors (Lipinski definition) is 6. The number of nitro groups is 1. The second-order valence-electron chi connectivity index (χ2n) is 3.12. The first-order valence-corrected chi connectivity index (χ1v) is 4.73. The number of halogens is 3. The van der Waals surface area contributed by atoms with Crippen LogP contribution in [0.1, 0.15) is 0 Å². The van der Waals surface area contributed by atoms with E-state index in [1.807, 2.05) is 0 Å². The van der Waals surface area contributed by atoms with Crippen LogP contribution in [-0.2, 0) is 4.74 Å². The molecule has 1 rings (SSSR count). The Kier molecular flexibility index (Phi) is 4.77. The third-order valence-electron chi connectivity index (χ3n) is 1.64. The molecule has 0 saturated carbocycles. The molecule has 0 aliphatic carbocycles. The summed E-state index contributed by atoms with van der Waals surface area (Å²) in [5.74, 6) is 0.0798. The number of aromatic nitrogens is 2. The van der Waals surface area contributed by atoms with E-state index in [-0.39, 0.29) is 24.8 Å². The van der Waals surface area contributed by atoms with Crippen LogP contribution in [0.2, 0.25) is 0 Å². The van der Waals surface area contributed by atoms with Gasteiger partial charge < -0.3 is 10.1 Å². The molecule has 0 radical (unpaired) electrons. The molecule has 0 spiro atoms. The number of anilines is 1. The molecule has 0 atom stereocenters. The Labute approximate surface area is 99.1 Å². The molecule has 0 fully saturated rings. The van der Waals surface area contributed by atoms with Crippen molar-refractivity contribution in [3.8, 4) is 0 Å². The van der Waals surface area contributed by atoms with Gasteiger partial charge in [-0.05, 0) is 0 Å². The number of alkyl halides is 3. The lowest BCUT2D eigenvalue weighted by molar-refractivity contribution is -0.385. The molecule has 0 aliphatic heterocycles. The molecule has 1 aromatic heterocycles. The van der Waals surface area contributed by atoms with Gasteiger partial charge in [-0.15, -0.1) is 0 Å². The molecule has 0 bridgehead atoms. The average molecular weight is 266 g/mol. The third kappa shape index (κ3) is 5.39. The molecule has 0 aliphatic rings. The SMILES string of the molecule is O=[N+]([O-])c1cnc(NCCOCC(F)(F)F)nc1. The van der Waals surface area contributed by atoms with Crippen LogP contribution in [0.4, 0.5) is 24.8 Å². The second kappa shape index (κ2) is 6.10. The van der Waals surface area contributed by atoms with Gasteiger partial charge in [0.05, 0.1) is 11.5 Å². The van der Waals surface area contributed by atoms with Crippen LogP contribution < -0.4 is 5.32 Å². The van der Waals surface area contributed by atoms with Crippen LogP contribution >= 0.6 is 0 Å². The van der Waals surface area contributed by atoms with Crippen LogP contribution in [0.5, 0.6) is 0 Å². The molecule has 7 nitrogen and oxygen atoms in total. The van der Waals surface area contributed by atoms with Crippen molar-refractivity contribution >= 4 is 11.6 Å². The van der Waals surface area contributed by atoms with E-state index in [4.69, 9.17) is 0 Å². The van der Waals surface area contributed by atoms with Crippen LogP contribution in [-0.4, -0.2) is 40.8 Å². The first-order chi connectivity index (χ1) is 8.38. The monoisotopic (exact) mass is 266 g/mol. The van der Waals surface area contributed by atoms with Gasteiger partial charge >= 0.3 is 11.9 Å². The predicted molar refractivity (Wildman–Crippen MR) is 54.1 cm³/mol. The van der Waals surface area contributed by atoms with Crippen molar-refractivity contribution in [1.82, 2.24) is 9.97 Å². The van der Waals surface area contributed by atoms with Crippen molar-refractivity contribution in [2.75, 3.05) is 25.1 Å². The fraction of sp³-hybridized carbons (Fsp3) is 0.500. The summed E-state index contributed by atoms with van der Waals surface area (Å²) < 4.78 is 39.4. The van der Waals surface area contributed by atoms with E-state index in [1.54, 1.807) is 0 Å². The topological polar surface area (TPSA) is 90.2 Å². The zero-order chi connectivity index (χ0) is 13.6. The van der Waals surface area contributed by atoms with E-state index in [0.717, 1.165) is 12.4 Å². The van der Waals surface area contributed by atoms with Gasteiger partial charge in [0.25, 0.3) is 0 Å². The van der Waals surface area contributed by atoms with E-state index >= 15 is 0 Å². The van der Waals surface area contributed by atoms with Gasteiger partial charge in [0.2, 0.25) is 5.95 Å². The Hall–Kier alpha value is -1.97. The van der Waals surface area contributed by atoms with Gasteiger partial charge in [0.15, 0.2) is 0 Å². The smallest absolute Gasteiger partial charge is 0.370 e. The maximum absolute atomic E-state index is 11.7. The molecule has 1 heterocycles. The predicted octanol–water partition coefficient (Wildman–Crippen LogP) is 1.38. The van der Waals surface area contributed by atoms with Gasteiger partial charge in [-0.25, -0.2) is 9.97 Å². The summed E-state index contributed by atoms with van der Waals surface area (Å²) >= 11 is 0. The second-order valence-corrected chi connectivity index (χ2v) is 3.12. The summed E-state index contributed by atoms with van der Waals surface area (Å²) in [6.45, 7) is -1.44. The molecule has 18 heavy (non-hydrogen) atoms. The number of rotatable bonds is 6. The summed E-state index contributed by atoms with van der Waals surface area (Å²) in [7, 11) is 0. The van der Waals surface area contributed by atoms with E-state index in [9.17, 15) is 23.3 Å². The lowest BCUT2D eigenvalue weighted by Crippen LogP contribution is -2.20. The molecule has 0 saturated heterocycles. The average Bonchev–Trinajstić information content (AvgIpc) is 2.27. The summed E-state index contributed by atoms with van der Waals surface area (Å²) in [4.78, 5) is 16.8. The van der Waals surface area contributed by atoms with Crippen molar-refractivity contribution in [3.05, 3.63) is 22.5 Å². The first kappa shape index (κ1) is 14.1. The van der Waals surface area contributed by atoms with Crippen LogP contribution in [0.3, 0.4) is 0 Å². The summed E-state index contributed by atoms with van der Waals surface area (Å²) in [5.41, 5.74) is -0.270. The maximum atomic E-state index is 11.7. The van der Waals surface area contributed by atoms with Gasteiger partial charge in [0.1, 0.15) is 19.0 Å². The molecule has 1 N–H and O–H groups in total. The van der Waals surface area contributed by atoms with Crippen molar-refractivity contribution < 1.29 is 22.8 Å². The standard InChI is InChI=1S/C8H9F3N4O3/c9-8(10,11)5-18-2-1-12-7-13-3-6(4-14-7)15(16)17/h3-4H,1-2,5H2,(H,12,13,14). The minimum absolute atomic E-state index is 0.0634. The Morgan fingerprint density at radius 2 is 2.00 bits per heavy atom. The van der Waals surface area contributed by atoms with Crippen LogP contribution in [0.25, 0.3) is 0 Å². The highest BCUT2D eigenvalue weighted by molar-refractivity contribution is 5.30. The quantitative estimate of drug-likeness (QED) is 0.475. The van der Waals surface area contributed by atoms with Crippen molar-refractivity contribution in [1.29, 1.82) is 0 Å². The molecule has 0 amide bonds. The summed E-state index contributed by atoms with van der Waals surface area (Å²) in [6.07, 6.45) is -2.37. The number of nitrogens with one attached hydrogen (secondary N) is 1. The molecule has 10 heteroatoms. The lowest BCUT2D eigenvalue weighted by Gasteiger charge is -2.08. The van der Waals surface area contributed by atoms with E-state index in [2.05, 4.69) is 20.0 Å². The van der Waals surface area contributed by atoms with E-state index in [0.29, 0.717) is 0 Å². The lowest BCUT2D eigenvalue weighted by atomic mass is 10.5. The highest BCUT2D eigenvalue weighted by atomic mass is 19.4. The summed E-state index contributed by atoms with van der Waals surface area (Å²) in [6, 6.07) is 0. The Balaban J connectivity index is 2.25. The van der Waals surface area contributed by atoms with Crippen LogP contribution in [0.15, 0.2) is 12.4 Å². The Morgan fingerprint density at radius 3 is 2.50 bits per heavy atom. The number of ether oxygens (including phenoxy) is 1. The Bertz CT molecular complexity index is 396. The third-order valence-corrected chi connectivity index (χ3v) is 1.64. The fourth-order valence-corrected chi connectivity index (χ4v) is 0.930. The highest BCUT2D eigenvalue weighted by Gasteiger charge is 2.27. The van der Waals surface area contributed by atoms with Crippen molar-refractivity contribution in [2.45, 2.75) is 6.18 Å². The Morgan fingerprint density at radius 1 is 1.39 bits per heavy atom.